The number of nitrogens with one attached hydrogen (secondary N) is 1. The van der Waals surface area contributed by atoms with Crippen molar-refractivity contribution in [1.82, 2.24) is 9.97 Å². The first-order valence-corrected chi connectivity index (χ1v) is 9.43. The van der Waals surface area contributed by atoms with Crippen molar-refractivity contribution in [2.45, 2.75) is 12.8 Å². The van der Waals surface area contributed by atoms with Crippen molar-refractivity contribution in [2.24, 2.45) is 0 Å². The molecule has 30 heavy (non-hydrogen) atoms. The fourth-order valence-corrected chi connectivity index (χ4v) is 3.55. The van der Waals surface area contributed by atoms with Gasteiger partial charge in [0.1, 0.15) is 12.2 Å². The maximum Gasteiger partial charge on any atom is 0.414 e. The molecule has 1 amide bonds. The molecule has 0 fully saturated rings. The smallest absolute Gasteiger partial charge is 0.414 e. The van der Waals surface area contributed by atoms with E-state index in [9.17, 15) is 9.59 Å². The van der Waals surface area contributed by atoms with E-state index in [4.69, 9.17) is 14.6 Å². The van der Waals surface area contributed by atoms with Crippen LogP contribution in [0, 0.1) is 0 Å². The number of hydrogen-bond acceptors (Lipinski definition) is 6. The summed E-state index contributed by atoms with van der Waals surface area (Å²) in [5, 5.41) is 11.6. The van der Waals surface area contributed by atoms with Crippen molar-refractivity contribution in [3.63, 3.8) is 0 Å². The first-order valence-electron chi connectivity index (χ1n) is 9.43. The van der Waals surface area contributed by atoms with Gasteiger partial charge in [-0.3, -0.25) is 5.32 Å². The van der Waals surface area contributed by atoms with Gasteiger partial charge in [0.15, 0.2) is 0 Å². The Morgan fingerprint density at radius 1 is 1.07 bits per heavy atom. The summed E-state index contributed by atoms with van der Waals surface area (Å²) in [5.74, 6) is -1.50. The third-order valence-electron chi connectivity index (χ3n) is 4.82. The number of anilines is 1. The molecule has 8 nitrogen and oxygen atoms in total. The Morgan fingerprint density at radius 3 is 2.30 bits per heavy atom. The van der Waals surface area contributed by atoms with Gasteiger partial charge in [0.25, 0.3) is 0 Å². The zero-order valence-corrected chi connectivity index (χ0v) is 16.2. The number of carboxylic acid groups (broad SMARTS) is 1. The lowest BCUT2D eigenvalue weighted by Crippen LogP contribution is -2.19. The van der Waals surface area contributed by atoms with Crippen LogP contribution in [0.1, 0.15) is 34.3 Å². The number of nitrogens with zero attached hydrogens (tertiary/aromatic N) is 2. The second-order valence-corrected chi connectivity index (χ2v) is 6.60. The number of carbonyl (C=O) groups is 2. The van der Waals surface area contributed by atoms with Gasteiger partial charge in [-0.05, 0) is 29.2 Å². The van der Waals surface area contributed by atoms with Crippen LogP contribution >= 0.6 is 0 Å². The quantitative estimate of drug-likeness (QED) is 0.639. The van der Waals surface area contributed by atoms with E-state index in [0.29, 0.717) is 0 Å². The van der Waals surface area contributed by atoms with Crippen LogP contribution in [0.25, 0.3) is 11.1 Å². The maximum atomic E-state index is 12.3. The fourth-order valence-electron chi connectivity index (χ4n) is 3.55. The molecular weight excluding hydrogens is 386 g/mol. The number of rotatable bonds is 6. The Kier molecular flexibility index (Phi) is 5.30. The summed E-state index contributed by atoms with van der Waals surface area (Å²) in [6, 6.07) is 16.1. The van der Waals surface area contributed by atoms with Crippen LogP contribution in [-0.4, -0.2) is 40.4 Å². The fraction of sp³-hybridized carbons (Fsp3) is 0.182. The van der Waals surface area contributed by atoms with Crippen LogP contribution < -0.4 is 10.1 Å². The molecule has 3 aromatic rings. The summed E-state index contributed by atoms with van der Waals surface area (Å²) in [5.41, 5.74) is 4.29. The second-order valence-electron chi connectivity index (χ2n) is 6.60. The lowest BCUT2D eigenvalue weighted by molar-refractivity contribution is 0.0691. The highest BCUT2D eigenvalue weighted by Gasteiger charge is 2.29. The van der Waals surface area contributed by atoms with Crippen molar-refractivity contribution in [2.75, 3.05) is 18.5 Å². The van der Waals surface area contributed by atoms with E-state index in [0.717, 1.165) is 28.5 Å². The molecule has 0 spiro atoms. The van der Waals surface area contributed by atoms with Gasteiger partial charge in [0.2, 0.25) is 11.8 Å². The van der Waals surface area contributed by atoms with Gasteiger partial charge in [-0.15, -0.1) is 0 Å². The SMILES string of the molecule is CCOc1nc(NC(=O)OCC2c3ccccc3-c3ccccc32)ncc1C(=O)O. The Morgan fingerprint density at radius 2 is 1.70 bits per heavy atom. The van der Waals surface area contributed by atoms with E-state index >= 15 is 0 Å². The zero-order valence-electron chi connectivity index (χ0n) is 16.2. The standard InChI is InChI=1S/C22H19N3O5/c1-2-29-19-17(20(26)27)11-23-21(24-19)25-22(28)30-12-18-15-9-5-3-7-13(15)14-8-4-6-10-16(14)18/h3-11,18H,2,12H2,1H3,(H,26,27)(H,23,24,25,28). The molecule has 0 aliphatic heterocycles. The highest BCUT2D eigenvalue weighted by atomic mass is 16.5. The number of aromatic carboxylic acids is 1. The molecule has 0 saturated heterocycles. The van der Waals surface area contributed by atoms with Crippen LogP contribution in [0.4, 0.5) is 10.7 Å². The molecule has 2 aromatic carbocycles. The second kappa shape index (κ2) is 8.20. The lowest BCUT2D eigenvalue weighted by atomic mass is 9.98. The minimum Gasteiger partial charge on any atom is -0.477 e. The highest BCUT2D eigenvalue weighted by Crippen LogP contribution is 2.44. The first-order chi connectivity index (χ1) is 14.6. The predicted octanol–water partition coefficient (Wildman–Crippen LogP) is 3.93. The third-order valence-corrected chi connectivity index (χ3v) is 4.82. The molecule has 152 valence electrons. The Labute approximate surface area is 172 Å². The van der Waals surface area contributed by atoms with Crippen LogP contribution in [0.3, 0.4) is 0 Å². The highest BCUT2D eigenvalue weighted by molar-refractivity contribution is 5.90. The largest absolute Gasteiger partial charge is 0.477 e. The van der Waals surface area contributed by atoms with Crippen molar-refractivity contribution in [3.05, 3.63) is 71.4 Å². The van der Waals surface area contributed by atoms with E-state index in [1.165, 1.54) is 0 Å². The van der Waals surface area contributed by atoms with Crippen molar-refractivity contribution in [3.8, 4) is 17.0 Å². The number of carboxylic acids is 1. The van der Waals surface area contributed by atoms with Crippen molar-refractivity contribution in [1.29, 1.82) is 0 Å². The minimum atomic E-state index is -1.22. The van der Waals surface area contributed by atoms with E-state index in [1.54, 1.807) is 6.92 Å². The van der Waals surface area contributed by atoms with E-state index in [1.807, 2.05) is 36.4 Å². The Hall–Kier alpha value is -3.94. The average Bonchev–Trinajstić information content (AvgIpc) is 3.06. The van der Waals surface area contributed by atoms with E-state index in [-0.39, 0.29) is 36.5 Å². The summed E-state index contributed by atoms with van der Waals surface area (Å²) < 4.78 is 10.6. The van der Waals surface area contributed by atoms with Gasteiger partial charge >= 0.3 is 12.1 Å². The van der Waals surface area contributed by atoms with E-state index in [2.05, 4.69) is 27.4 Å². The molecule has 0 unspecified atom stereocenters. The number of hydrogen-bond donors (Lipinski definition) is 2. The molecule has 4 rings (SSSR count). The summed E-state index contributed by atoms with van der Waals surface area (Å²) in [6.07, 6.45) is 0.349. The van der Waals surface area contributed by atoms with E-state index < -0.39 is 12.1 Å². The lowest BCUT2D eigenvalue weighted by Gasteiger charge is -2.14. The van der Waals surface area contributed by atoms with Crippen molar-refractivity contribution < 1.29 is 24.2 Å². The molecule has 1 aliphatic rings. The molecule has 0 atom stereocenters. The minimum absolute atomic E-state index is 0.0718. The Balaban J connectivity index is 1.47. The number of fused-ring (bicyclic) bond motifs is 3. The molecule has 1 aromatic heterocycles. The normalized spacial score (nSPS) is 12.0. The number of aromatic nitrogens is 2. The summed E-state index contributed by atoms with van der Waals surface area (Å²) in [6.45, 7) is 2.07. The van der Waals surface area contributed by atoms with Gasteiger partial charge in [0, 0.05) is 5.92 Å². The number of benzene rings is 2. The summed E-state index contributed by atoms with van der Waals surface area (Å²) in [4.78, 5) is 31.3. The maximum absolute atomic E-state index is 12.3. The van der Waals surface area contributed by atoms with Crippen LogP contribution in [0.5, 0.6) is 5.88 Å². The van der Waals surface area contributed by atoms with Gasteiger partial charge in [-0.1, -0.05) is 48.5 Å². The van der Waals surface area contributed by atoms with Gasteiger partial charge < -0.3 is 14.6 Å². The van der Waals surface area contributed by atoms with Gasteiger partial charge in [-0.2, -0.15) is 4.98 Å². The average molecular weight is 405 g/mol. The topological polar surface area (TPSA) is 111 Å². The van der Waals surface area contributed by atoms with Crippen LogP contribution in [0.15, 0.2) is 54.7 Å². The molecule has 8 heteroatoms. The molecule has 0 radical (unpaired) electrons. The monoisotopic (exact) mass is 405 g/mol. The van der Waals surface area contributed by atoms with Gasteiger partial charge in [-0.25, -0.2) is 14.6 Å². The van der Waals surface area contributed by atoms with Crippen LogP contribution in [0.2, 0.25) is 0 Å². The zero-order chi connectivity index (χ0) is 21.1. The Bertz CT molecular complexity index is 1070. The number of ether oxygens (including phenoxy) is 2. The van der Waals surface area contributed by atoms with Crippen molar-refractivity contribution >= 4 is 18.0 Å². The molecular formula is C22H19N3O5. The third kappa shape index (κ3) is 3.67. The predicted molar refractivity (Wildman–Crippen MR) is 109 cm³/mol. The molecule has 0 saturated carbocycles. The molecule has 1 aliphatic carbocycles. The number of carbonyl (C=O) groups excluding carboxylic acids is 1. The molecule has 0 bridgehead atoms. The molecule has 1 heterocycles. The number of amides is 1. The first kappa shape index (κ1) is 19.4. The summed E-state index contributed by atoms with van der Waals surface area (Å²) >= 11 is 0. The van der Waals surface area contributed by atoms with Gasteiger partial charge in [0.05, 0.1) is 12.8 Å². The summed E-state index contributed by atoms with van der Waals surface area (Å²) in [7, 11) is 0. The van der Waals surface area contributed by atoms with Crippen LogP contribution in [-0.2, 0) is 4.74 Å². The molecule has 2 N–H and O–H groups in total.